The molecule has 1 aromatic carbocycles. The van der Waals surface area contributed by atoms with Crippen molar-refractivity contribution in [3.63, 3.8) is 0 Å². The van der Waals surface area contributed by atoms with Crippen LogP contribution in [-0.4, -0.2) is 14.5 Å². The molecule has 0 radical (unpaired) electrons. The van der Waals surface area contributed by atoms with Gasteiger partial charge >= 0.3 is 0 Å². The highest BCUT2D eigenvalue weighted by Crippen LogP contribution is 2.25. The Bertz CT molecular complexity index is 851. The minimum Gasteiger partial charge on any atom is -0.329 e. The van der Waals surface area contributed by atoms with Crippen LogP contribution in [0.25, 0.3) is 16.9 Å². The molecule has 0 spiro atoms. The number of pyridine rings is 1. The van der Waals surface area contributed by atoms with E-state index in [-0.39, 0.29) is 0 Å². The van der Waals surface area contributed by atoms with Crippen molar-refractivity contribution in [1.29, 1.82) is 0 Å². The van der Waals surface area contributed by atoms with Crippen LogP contribution in [0.3, 0.4) is 0 Å². The first-order valence-electron chi connectivity index (χ1n) is 6.15. The topological polar surface area (TPSA) is 33.6 Å². The Morgan fingerprint density at radius 1 is 1.25 bits per heavy atom. The van der Waals surface area contributed by atoms with Gasteiger partial charge in [0.1, 0.15) is 0 Å². The minimum absolute atomic E-state index is 0.655. The van der Waals surface area contributed by atoms with Crippen LogP contribution in [-0.2, 0) is 6.42 Å². The average Bonchev–Trinajstić information content (AvgIpc) is 2.73. The van der Waals surface area contributed by atoms with Gasteiger partial charge in [-0.05, 0) is 64.4 Å². The molecule has 0 aliphatic rings. The van der Waals surface area contributed by atoms with Gasteiger partial charge in [0.15, 0.2) is 10.4 Å². The van der Waals surface area contributed by atoms with Crippen LogP contribution >= 0.6 is 44.1 Å². The Kier molecular flexibility index (Phi) is 3.79. The van der Waals surface area contributed by atoms with Crippen molar-refractivity contribution in [2.24, 2.45) is 0 Å². The van der Waals surface area contributed by atoms with Crippen molar-refractivity contribution in [1.82, 2.24) is 14.5 Å². The molecule has 0 saturated heterocycles. The summed E-state index contributed by atoms with van der Waals surface area (Å²) in [5, 5.41) is 0. The van der Waals surface area contributed by atoms with Crippen LogP contribution in [0, 0.1) is 4.77 Å². The predicted octanol–water partition coefficient (Wildman–Crippen LogP) is 5.17. The molecule has 6 heteroatoms. The van der Waals surface area contributed by atoms with Gasteiger partial charge in [-0.1, -0.05) is 22.9 Å². The number of imidazole rings is 1. The molecule has 0 atom stereocenters. The van der Waals surface area contributed by atoms with Gasteiger partial charge in [-0.2, -0.15) is 0 Å². The second kappa shape index (κ2) is 5.42. The van der Waals surface area contributed by atoms with Crippen molar-refractivity contribution in [3.8, 4) is 5.69 Å². The lowest BCUT2D eigenvalue weighted by Crippen LogP contribution is -2.00. The van der Waals surface area contributed by atoms with E-state index in [0.717, 1.165) is 32.2 Å². The van der Waals surface area contributed by atoms with Gasteiger partial charge in [0.25, 0.3) is 0 Å². The summed E-state index contributed by atoms with van der Waals surface area (Å²) in [7, 11) is 0. The van der Waals surface area contributed by atoms with Gasteiger partial charge in [-0.25, -0.2) is 4.98 Å². The Balaban J connectivity index is 2.35. The second-order valence-corrected chi connectivity index (χ2v) is 6.63. The number of aromatic nitrogens is 3. The maximum Gasteiger partial charge on any atom is 0.184 e. The monoisotopic (exact) mass is 411 g/mol. The van der Waals surface area contributed by atoms with Gasteiger partial charge in [0, 0.05) is 15.1 Å². The first-order chi connectivity index (χ1) is 9.60. The standard InChI is InChI=1S/C14H11Br2N3S/c1-2-8-5-9(15)3-4-12(8)19-13-11(18-14(19)20)6-10(16)7-17-13/h3-7H,2H2,1H3,(H,18,20). The van der Waals surface area contributed by atoms with Crippen LogP contribution in [0.1, 0.15) is 12.5 Å². The minimum atomic E-state index is 0.655. The normalized spacial score (nSPS) is 11.2. The van der Waals surface area contributed by atoms with E-state index < -0.39 is 0 Å². The van der Waals surface area contributed by atoms with E-state index in [1.54, 1.807) is 6.20 Å². The lowest BCUT2D eigenvalue weighted by atomic mass is 10.1. The number of halogens is 2. The van der Waals surface area contributed by atoms with Crippen LogP contribution in [0.5, 0.6) is 0 Å². The highest BCUT2D eigenvalue weighted by Gasteiger charge is 2.11. The van der Waals surface area contributed by atoms with E-state index in [2.05, 4.69) is 60.9 Å². The lowest BCUT2D eigenvalue weighted by molar-refractivity contribution is 0.996. The molecule has 0 aliphatic carbocycles. The number of benzene rings is 1. The zero-order chi connectivity index (χ0) is 14.3. The molecule has 0 amide bonds. The van der Waals surface area contributed by atoms with Gasteiger partial charge < -0.3 is 4.98 Å². The summed E-state index contributed by atoms with van der Waals surface area (Å²) in [5.74, 6) is 0. The fraction of sp³-hybridized carbons (Fsp3) is 0.143. The first kappa shape index (κ1) is 14.0. The Labute approximate surface area is 138 Å². The van der Waals surface area contributed by atoms with Gasteiger partial charge in [-0.3, -0.25) is 4.57 Å². The van der Waals surface area contributed by atoms with Gasteiger partial charge in [0.05, 0.1) is 11.2 Å². The number of fused-ring (bicyclic) bond motifs is 1. The molecule has 2 heterocycles. The number of rotatable bonds is 2. The van der Waals surface area contributed by atoms with E-state index >= 15 is 0 Å². The summed E-state index contributed by atoms with van der Waals surface area (Å²) in [6.45, 7) is 2.13. The molecule has 3 aromatic rings. The first-order valence-corrected chi connectivity index (χ1v) is 8.14. The number of H-pyrrole nitrogens is 1. The summed E-state index contributed by atoms with van der Waals surface area (Å²) >= 11 is 12.4. The third-order valence-electron chi connectivity index (χ3n) is 3.15. The number of aromatic amines is 1. The Morgan fingerprint density at radius 2 is 2.05 bits per heavy atom. The fourth-order valence-electron chi connectivity index (χ4n) is 2.25. The molecule has 1 N–H and O–H groups in total. The van der Waals surface area contributed by atoms with Crippen molar-refractivity contribution < 1.29 is 0 Å². The Morgan fingerprint density at radius 3 is 2.80 bits per heavy atom. The number of aryl methyl sites for hydroxylation is 1. The molecule has 0 bridgehead atoms. The van der Waals surface area contributed by atoms with Gasteiger partial charge in [0.2, 0.25) is 0 Å². The molecule has 0 saturated carbocycles. The number of nitrogens with one attached hydrogen (secondary N) is 1. The second-order valence-electron chi connectivity index (χ2n) is 4.42. The summed E-state index contributed by atoms with van der Waals surface area (Å²) in [4.78, 5) is 7.69. The molecule has 20 heavy (non-hydrogen) atoms. The van der Waals surface area contributed by atoms with Crippen LogP contribution in [0.15, 0.2) is 39.4 Å². The third-order valence-corrected chi connectivity index (χ3v) is 4.36. The van der Waals surface area contributed by atoms with Crippen LogP contribution in [0.4, 0.5) is 0 Å². The molecule has 0 fully saturated rings. The maximum atomic E-state index is 5.46. The molecule has 3 nitrogen and oxygen atoms in total. The number of hydrogen-bond acceptors (Lipinski definition) is 2. The quantitative estimate of drug-likeness (QED) is 0.589. The lowest BCUT2D eigenvalue weighted by Gasteiger charge is -2.10. The largest absolute Gasteiger partial charge is 0.329 e. The number of nitrogens with zero attached hydrogens (tertiary/aromatic N) is 2. The molecule has 3 rings (SSSR count). The summed E-state index contributed by atoms with van der Waals surface area (Å²) in [6, 6.07) is 8.19. The SMILES string of the molecule is CCc1cc(Br)ccc1-n1c(=S)[nH]c2cc(Br)cnc21. The smallest absolute Gasteiger partial charge is 0.184 e. The molecule has 2 aromatic heterocycles. The van der Waals surface area contributed by atoms with E-state index in [1.165, 1.54) is 5.56 Å². The predicted molar refractivity (Wildman–Crippen MR) is 91.0 cm³/mol. The van der Waals surface area contributed by atoms with Crippen molar-refractivity contribution >= 4 is 55.2 Å². The van der Waals surface area contributed by atoms with E-state index in [0.29, 0.717) is 4.77 Å². The molecule has 0 unspecified atom stereocenters. The zero-order valence-electron chi connectivity index (χ0n) is 10.7. The van der Waals surface area contributed by atoms with Crippen molar-refractivity contribution in [3.05, 3.63) is 49.7 Å². The van der Waals surface area contributed by atoms with E-state index in [9.17, 15) is 0 Å². The highest BCUT2D eigenvalue weighted by molar-refractivity contribution is 9.10. The molecule has 0 aliphatic heterocycles. The number of hydrogen-bond donors (Lipinski definition) is 1. The molecular weight excluding hydrogens is 402 g/mol. The average molecular weight is 413 g/mol. The maximum absolute atomic E-state index is 5.46. The van der Waals surface area contributed by atoms with Crippen molar-refractivity contribution in [2.75, 3.05) is 0 Å². The van der Waals surface area contributed by atoms with Crippen LogP contribution < -0.4 is 0 Å². The third kappa shape index (κ3) is 2.36. The fourth-order valence-corrected chi connectivity index (χ4v) is 3.28. The summed E-state index contributed by atoms with van der Waals surface area (Å²) in [6.07, 6.45) is 2.71. The van der Waals surface area contributed by atoms with E-state index in [4.69, 9.17) is 12.2 Å². The molecule has 102 valence electrons. The van der Waals surface area contributed by atoms with E-state index in [1.807, 2.05) is 16.7 Å². The Hall–Kier alpha value is -0.980. The highest BCUT2D eigenvalue weighted by atomic mass is 79.9. The van der Waals surface area contributed by atoms with Crippen LogP contribution in [0.2, 0.25) is 0 Å². The van der Waals surface area contributed by atoms with Gasteiger partial charge in [-0.15, -0.1) is 0 Å². The zero-order valence-corrected chi connectivity index (χ0v) is 14.6. The molecular formula is C14H11Br2N3S. The summed E-state index contributed by atoms with van der Waals surface area (Å²) in [5.41, 5.74) is 4.06. The summed E-state index contributed by atoms with van der Waals surface area (Å²) < 4.78 is 4.64. The van der Waals surface area contributed by atoms with Crippen molar-refractivity contribution in [2.45, 2.75) is 13.3 Å².